The van der Waals surface area contributed by atoms with Gasteiger partial charge in [-0.1, -0.05) is 50.0 Å². The summed E-state index contributed by atoms with van der Waals surface area (Å²) in [5.41, 5.74) is -0.907. The van der Waals surface area contributed by atoms with Gasteiger partial charge in [-0.25, -0.2) is 0 Å². The molecule has 0 amide bonds. The Morgan fingerprint density at radius 3 is 0.843 bits per heavy atom. The quantitative estimate of drug-likeness (QED) is 0.0380. The van der Waals surface area contributed by atoms with Crippen LogP contribution in [0.15, 0.2) is 0 Å². The van der Waals surface area contributed by atoms with Crippen LogP contribution in [-0.2, 0) is 57.2 Å². The smallest absolute Gasteiger partial charge is 0.305 e. The van der Waals surface area contributed by atoms with E-state index in [2.05, 4.69) is 0 Å². The van der Waals surface area contributed by atoms with Crippen molar-refractivity contribution >= 4 is 35.8 Å². The van der Waals surface area contributed by atoms with Crippen LogP contribution in [0.25, 0.3) is 0 Å². The van der Waals surface area contributed by atoms with Crippen molar-refractivity contribution in [1.29, 1.82) is 0 Å². The number of hydrogen-bond acceptors (Lipinski definition) is 12. The van der Waals surface area contributed by atoms with Crippen LogP contribution in [0, 0.1) is 5.41 Å². The number of rotatable bonds is 31. The van der Waals surface area contributed by atoms with Gasteiger partial charge in [0.1, 0.15) is 19.8 Å². The molecule has 0 atom stereocenters. The molecule has 302 valence electrons. The zero-order valence-corrected chi connectivity index (χ0v) is 30.1. The summed E-state index contributed by atoms with van der Waals surface area (Å²) in [5, 5.41) is 0. The molecule has 0 unspecified atom stereocenters. The van der Waals surface area contributed by atoms with Gasteiger partial charge < -0.3 is 28.4 Å². The third-order valence-corrected chi connectivity index (χ3v) is 7.60. The Hall–Kier alpha value is -3.18. The standard InChI is InChI=1S/C36H62O12.3CH4/c1-5-18-30(37)43-24-15-9-12-21-33(40)46-27-36(8-4,28-47-34(41)22-13-10-16-25-44-31(38)19-6-2)29-48-35(42)23-14-11-17-26-45-32(39)20-7-3;;;/h5-29H2,1-4H3;3*1H4. The maximum Gasteiger partial charge on any atom is 0.305 e. The maximum absolute atomic E-state index is 12.5. The lowest BCUT2D eigenvalue weighted by Gasteiger charge is -2.31. The van der Waals surface area contributed by atoms with Gasteiger partial charge in [0.25, 0.3) is 0 Å². The number of carbonyl (C=O) groups excluding carboxylic acids is 6. The Morgan fingerprint density at radius 2 is 0.608 bits per heavy atom. The van der Waals surface area contributed by atoms with Crippen LogP contribution < -0.4 is 0 Å². The Morgan fingerprint density at radius 1 is 0.353 bits per heavy atom. The van der Waals surface area contributed by atoms with Crippen LogP contribution in [0.3, 0.4) is 0 Å². The summed E-state index contributed by atoms with van der Waals surface area (Å²) in [7, 11) is 0. The van der Waals surface area contributed by atoms with Crippen molar-refractivity contribution in [3.05, 3.63) is 0 Å². The van der Waals surface area contributed by atoms with E-state index in [1.807, 2.05) is 27.7 Å². The molecule has 0 aromatic heterocycles. The Labute approximate surface area is 309 Å². The Balaban J connectivity index is -0.00000368. The molecule has 0 aromatic rings. The minimum absolute atomic E-state index is 0. The Kier molecular flexibility index (Phi) is 39.2. The third-order valence-electron chi connectivity index (χ3n) is 7.60. The maximum atomic E-state index is 12.5. The fourth-order valence-electron chi connectivity index (χ4n) is 4.38. The molecule has 0 heterocycles. The number of unbranched alkanes of at least 4 members (excludes halogenated alkanes) is 6. The highest BCUT2D eigenvalue weighted by molar-refractivity contribution is 5.71. The van der Waals surface area contributed by atoms with Crippen molar-refractivity contribution in [3.8, 4) is 0 Å². The third kappa shape index (κ3) is 32.5. The molecule has 0 aliphatic heterocycles. The highest BCUT2D eigenvalue weighted by Gasteiger charge is 2.34. The predicted octanol–water partition coefficient (Wildman–Crippen LogP) is 8.63. The first-order chi connectivity index (χ1) is 23.1. The molecule has 0 aliphatic rings. The van der Waals surface area contributed by atoms with E-state index in [4.69, 9.17) is 28.4 Å². The second kappa shape index (κ2) is 36.6. The zero-order chi connectivity index (χ0) is 35.9. The molecule has 0 saturated carbocycles. The first-order valence-electron chi connectivity index (χ1n) is 18.0. The van der Waals surface area contributed by atoms with Gasteiger partial charge >= 0.3 is 35.8 Å². The summed E-state index contributed by atoms with van der Waals surface area (Å²) < 4.78 is 32.1. The SMILES string of the molecule is C.C.C.CCCC(=O)OCCCCCC(=O)OCC(CC)(COC(=O)CCCCCOC(=O)CCC)COC(=O)CCCCCOC(=O)CCC. The zero-order valence-electron chi connectivity index (χ0n) is 30.1. The number of carbonyl (C=O) groups is 6. The number of esters is 6. The monoisotopic (exact) mass is 735 g/mol. The van der Waals surface area contributed by atoms with Crippen molar-refractivity contribution in [1.82, 2.24) is 0 Å². The summed E-state index contributed by atoms with van der Waals surface area (Å²) in [6, 6.07) is 0. The average molecular weight is 735 g/mol. The van der Waals surface area contributed by atoms with Crippen molar-refractivity contribution in [3.63, 3.8) is 0 Å². The summed E-state index contributed by atoms with van der Waals surface area (Å²) in [5.74, 6) is -1.88. The fraction of sp³-hybridized carbons (Fsp3) is 0.846. The van der Waals surface area contributed by atoms with Gasteiger partial charge in [-0.15, -0.1) is 0 Å². The van der Waals surface area contributed by atoms with Crippen molar-refractivity contribution in [2.45, 2.75) is 172 Å². The lowest BCUT2D eigenvalue weighted by atomic mass is 9.88. The molecule has 0 spiro atoms. The van der Waals surface area contributed by atoms with E-state index in [0.29, 0.717) is 103 Å². The van der Waals surface area contributed by atoms with Crippen LogP contribution in [-0.4, -0.2) is 75.5 Å². The summed E-state index contributed by atoms with van der Waals surface area (Å²) >= 11 is 0. The van der Waals surface area contributed by atoms with Crippen molar-refractivity contribution < 1.29 is 57.2 Å². The fourth-order valence-corrected chi connectivity index (χ4v) is 4.38. The second-order valence-corrected chi connectivity index (χ2v) is 12.2. The first kappa shape index (κ1) is 54.6. The first-order valence-corrected chi connectivity index (χ1v) is 18.0. The van der Waals surface area contributed by atoms with Crippen LogP contribution >= 0.6 is 0 Å². The predicted molar refractivity (Wildman–Crippen MR) is 199 cm³/mol. The van der Waals surface area contributed by atoms with Gasteiger partial charge in [0.2, 0.25) is 0 Å². The van der Waals surface area contributed by atoms with E-state index >= 15 is 0 Å². The van der Waals surface area contributed by atoms with Crippen LogP contribution in [0.5, 0.6) is 0 Å². The summed E-state index contributed by atoms with van der Waals surface area (Å²) in [6.07, 6.45) is 10.2. The number of ether oxygens (including phenoxy) is 6. The molecule has 51 heavy (non-hydrogen) atoms. The molecular weight excluding hydrogens is 660 g/mol. The van der Waals surface area contributed by atoms with E-state index in [1.54, 1.807) is 0 Å². The van der Waals surface area contributed by atoms with E-state index in [1.165, 1.54) is 0 Å². The minimum atomic E-state index is -0.907. The largest absolute Gasteiger partial charge is 0.466 e. The molecule has 0 N–H and O–H groups in total. The molecule has 0 bridgehead atoms. The molecule has 0 saturated heterocycles. The van der Waals surface area contributed by atoms with E-state index in [9.17, 15) is 28.8 Å². The van der Waals surface area contributed by atoms with Crippen molar-refractivity contribution in [2.75, 3.05) is 39.6 Å². The van der Waals surface area contributed by atoms with Gasteiger partial charge in [0.15, 0.2) is 0 Å². The van der Waals surface area contributed by atoms with E-state index in [-0.39, 0.29) is 79.3 Å². The molecular formula is C39H74O12. The molecule has 0 fully saturated rings. The molecule has 12 heteroatoms. The van der Waals surface area contributed by atoms with Gasteiger partial charge in [-0.05, 0) is 83.5 Å². The van der Waals surface area contributed by atoms with Gasteiger partial charge in [0, 0.05) is 38.5 Å². The van der Waals surface area contributed by atoms with Gasteiger partial charge in [-0.2, -0.15) is 0 Å². The van der Waals surface area contributed by atoms with Crippen LogP contribution in [0.4, 0.5) is 0 Å². The normalized spacial score (nSPS) is 10.4. The highest BCUT2D eigenvalue weighted by atomic mass is 16.6. The topological polar surface area (TPSA) is 158 Å². The van der Waals surface area contributed by atoms with E-state index in [0.717, 1.165) is 19.3 Å². The lowest BCUT2D eigenvalue weighted by molar-refractivity contribution is -0.163. The van der Waals surface area contributed by atoms with Gasteiger partial charge in [-0.3, -0.25) is 28.8 Å². The molecule has 0 radical (unpaired) electrons. The summed E-state index contributed by atoms with van der Waals surface area (Å²) in [6.45, 7) is 8.31. The second-order valence-electron chi connectivity index (χ2n) is 12.2. The molecule has 0 rings (SSSR count). The lowest BCUT2D eigenvalue weighted by Crippen LogP contribution is -2.39. The van der Waals surface area contributed by atoms with Crippen LogP contribution in [0.2, 0.25) is 0 Å². The number of hydrogen-bond donors (Lipinski definition) is 0. The van der Waals surface area contributed by atoms with Crippen molar-refractivity contribution in [2.24, 2.45) is 5.41 Å². The Bertz CT molecular complexity index is 806. The molecule has 12 nitrogen and oxygen atoms in total. The molecule has 0 aliphatic carbocycles. The summed E-state index contributed by atoms with van der Waals surface area (Å²) in [4.78, 5) is 72.0. The average Bonchev–Trinajstić information content (AvgIpc) is 3.06. The van der Waals surface area contributed by atoms with E-state index < -0.39 is 23.3 Å². The minimum Gasteiger partial charge on any atom is -0.466 e. The highest BCUT2D eigenvalue weighted by Crippen LogP contribution is 2.25. The molecule has 0 aromatic carbocycles. The van der Waals surface area contributed by atoms with Crippen LogP contribution in [0.1, 0.15) is 172 Å². The van der Waals surface area contributed by atoms with Gasteiger partial charge in [0.05, 0.1) is 25.2 Å².